The smallest absolute Gasteiger partial charge is 0.326 e. The minimum atomic E-state index is -0.700. The molecule has 6 nitrogen and oxygen atoms in total. The lowest BCUT2D eigenvalue weighted by atomic mass is 10.2. The number of hydrogen-bond donors (Lipinski definition) is 2. The number of carbonyl (C=O) groups is 2. The first kappa shape index (κ1) is 15.5. The van der Waals surface area contributed by atoms with Gasteiger partial charge in [-0.15, -0.1) is 0 Å². The number of nitrogens with zero attached hydrogens (tertiary/aromatic N) is 1. The van der Waals surface area contributed by atoms with Gasteiger partial charge in [0.2, 0.25) is 0 Å². The maximum Gasteiger partial charge on any atom is 0.326 e. The van der Waals surface area contributed by atoms with Crippen molar-refractivity contribution >= 4 is 28.3 Å². The highest BCUT2D eigenvalue weighted by Crippen LogP contribution is 2.38. The topological polar surface area (TPSA) is 91.2 Å². The average molecular weight is 315 g/mol. The van der Waals surface area contributed by atoms with Crippen LogP contribution in [0.3, 0.4) is 0 Å². The van der Waals surface area contributed by atoms with Crippen molar-refractivity contribution in [2.45, 2.75) is 6.92 Å². The van der Waals surface area contributed by atoms with Gasteiger partial charge in [-0.1, -0.05) is 29.5 Å². The van der Waals surface area contributed by atoms with Gasteiger partial charge in [-0.2, -0.15) is 5.26 Å². The minimum absolute atomic E-state index is 0.323. The maximum absolute atomic E-state index is 11.9. The molecule has 1 aromatic heterocycles. The molecule has 1 heterocycles. The Labute approximate surface area is 131 Å². The van der Waals surface area contributed by atoms with E-state index in [0.29, 0.717) is 26.8 Å². The second-order valence-electron chi connectivity index (χ2n) is 4.31. The van der Waals surface area contributed by atoms with Crippen LogP contribution in [0.4, 0.5) is 9.80 Å². The SMILES string of the molecule is COc1sc(NC(=O)NC(=O)c2ccccc2)c(C#N)c1C. The Morgan fingerprint density at radius 1 is 1.27 bits per heavy atom. The van der Waals surface area contributed by atoms with Crippen LogP contribution in [0.15, 0.2) is 30.3 Å². The van der Waals surface area contributed by atoms with E-state index in [9.17, 15) is 9.59 Å². The highest BCUT2D eigenvalue weighted by Gasteiger charge is 2.18. The fraction of sp³-hybridized carbons (Fsp3) is 0.133. The average Bonchev–Trinajstić information content (AvgIpc) is 2.82. The molecule has 0 bridgehead atoms. The van der Waals surface area contributed by atoms with Crippen LogP contribution >= 0.6 is 11.3 Å². The molecular weight excluding hydrogens is 302 g/mol. The van der Waals surface area contributed by atoms with Crippen molar-refractivity contribution in [1.82, 2.24) is 5.32 Å². The number of amides is 3. The Kier molecular flexibility index (Phi) is 4.76. The van der Waals surface area contributed by atoms with Crippen LogP contribution < -0.4 is 15.4 Å². The van der Waals surface area contributed by atoms with E-state index >= 15 is 0 Å². The van der Waals surface area contributed by atoms with Crippen LogP contribution in [0, 0.1) is 18.3 Å². The molecule has 0 unspecified atom stereocenters. The van der Waals surface area contributed by atoms with Crippen LogP contribution in [0.2, 0.25) is 0 Å². The number of rotatable bonds is 3. The molecule has 3 amide bonds. The molecule has 112 valence electrons. The Bertz CT molecular complexity index is 747. The number of thiophene rings is 1. The molecule has 22 heavy (non-hydrogen) atoms. The molecule has 0 aliphatic rings. The summed E-state index contributed by atoms with van der Waals surface area (Å²) in [4.78, 5) is 23.8. The lowest BCUT2D eigenvalue weighted by molar-refractivity contribution is 0.0967. The van der Waals surface area contributed by atoms with Crippen molar-refractivity contribution in [3.8, 4) is 11.1 Å². The molecule has 0 aliphatic heterocycles. The molecule has 0 saturated heterocycles. The predicted octanol–water partition coefficient (Wildman–Crippen LogP) is 2.90. The standard InChI is InChI=1S/C15H13N3O3S/c1-9-11(8-16)13(22-14(9)21-2)18-15(20)17-12(19)10-6-4-3-5-7-10/h3-7H,1-2H3,(H2,17,18,19,20). The maximum atomic E-state index is 11.9. The third kappa shape index (κ3) is 3.24. The summed E-state index contributed by atoms with van der Waals surface area (Å²) in [6, 6.07) is 9.69. The highest BCUT2D eigenvalue weighted by molar-refractivity contribution is 7.18. The van der Waals surface area contributed by atoms with E-state index in [-0.39, 0.29) is 0 Å². The molecule has 0 spiro atoms. The van der Waals surface area contributed by atoms with Crippen LogP contribution in [0.25, 0.3) is 0 Å². The van der Waals surface area contributed by atoms with E-state index in [2.05, 4.69) is 10.6 Å². The Morgan fingerprint density at radius 3 is 2.55 bits per heavy atom. The fourth-order valence-electron chi connectivity index (χ4n) is 1.81. The van der Waals surface area contributed by atoms with E-state index in [0.717, 1.165) is 11.3 Å². The molecule has 1 aromatic carbocycles. The van der Waals surface area contributed by atoms with Crippen molar-refractivity contribution in [1.29, 1.82) is 5.26 Å². The van der Waals surface area contributed by atoms with Gasteiger partial charge in [-0.05, 0) is 19.1 Å². The first-order valence-electron chi connectivity index (χ1n) is 6.31. The Balaban J connectivity index is 2.10. The monoisotopic (exact) mass is 315 g/mol. The lowest BCUT2D eigenvalue weighted by Gasteiger charge is -2.05. The van der Waals surface area contributed by atoms with Gasteiger partial charge < -0.3 is 4.74 Å². The number of hydrogen-bond acceptors (Lipinski definition) is 5. The molecule has 0 atom stereocenters. The van der Waals surface area contributed by atoms with Crippen LogP contribution in [0.1, 0.15) is 21.5 Å². The number of nitriles is 1. The Morgan fingerprint density at radius 2 is 1.95 bits per heavy atom. The number of methoxy groups -OCH3 is 1. The minimum Gasteiger partial charge on any atom is -0.487 e. The van der Waals surface area contributed by atoms with E-state index in [1.165, 1.54) is 7.11 Å². The normalized spacial score (nSPS) is 9.68. The lowest BCUT2D eigenvalue weighted by Crippen LogP contribution is -2.34. The van der Waals surface area contributed by atoms with Crippen LogP contribution in [-0.4, -0.2) is 19.0 Å². The summed E-state index contributed by atoms with van der Waals surface area (Å²) in [6.07, 6.45) is 0. The molecule has 2 aromatic rings. The predicted molar refractivity (Wildman–Crippen MR) is 83.2 cm³/mol. The summed E-state index contributed by atoms with van der Waals surface area (Å²) in [6.45, 7) is 1.73. The van der Waals surface area contributed by atoms with E-state index in [4.69, 9.17) is 10.00 Å². The Hall–Kier alpha value is -2.85. The third-order valence-electron chi connectivity index (χ3n) is 2.89. The van der Waals surface area contributed by atoms with Gasteiger partial charge >= 0.3 is 6.03 Å². The van der Waals surface area contributed by atoms with Gasteiger partial charge in [0.25, 0.3) is 5.91 Å². The van der Waals surface area contributed by atoms with Crippen molar-refractivity contribution in [2.24, 2.45) is 0 Å². The van der Waals surface area contributed by atoms with Crippen molar-refractivity contribution in [3.05, 3.63) is 47.0 Å². The van der Waals surface area contributed by atoms with Crippen LogP contribution in [-0.2, 0) is 0 Å². The number of ether oxygens (including phenoxy) is 1. The van der Waals surface area contributed by atoms with Gasteiger partial charge in [0, 0.05) is 11.1 Å². The fourth-order valence-corrected chi connectivity index (χ4v) is 2.78. The zero-order valence-electron chi connectivity index (χ0n) is 12.0. The summed E-state index contributed by atoms with van der Waals surface area (Å²) >= 11 is 1.13. The zero-order chi connectivity index (χ0) is 16.1. The molecule has 0 fully saturated rings. The van der Waals surface area contributed by atoms with Gasteiger partial charge in [-0.25, -0.2) is 4.79 Å². The third-order valence-corrected chi connectivity index (χ3v) is 4.06. The summed E-state index contributed by atoms with van der Waals surface area (Å²) in [5, 5.41) is 14.7. The highest BCUT2D eigenvalue weighted by atomic mass is 32.1. The molecular formula is C15H13N3O3S. The number of imide groups is 1. The summed E-state index contributed by atoms with van der Waals surface area (Å²) < 4.78 is 5.13. The number of carbonyl (C=O) groups excluding carboxylic acids is 2. The van der Waals surface area contributed by atoms with Gasteiger partial charge in [0.1, 0.15) is 11.1 Å². The van der Waals surface area contributed by atoms with Crippen LogP contribution in [0.5, 0.6) is 5.06 Å². The first-order chi connectivity index (χ1) is 10.6. The molecule has 2 rings (SSSR count). The zero-order valence-corrected chi connectivity index (χ0v) is 12.8. The van der Waals surface area contributed by atoms with Crippen molar-refractivity contribution < 1.29 is 14.3 Å². The molecule has 0 radical (unpaired) electrons. The quantitative estimate of drug-likeness (QED) is 0.911. The van der Waals surface area contributed by atoms with Gasteiger partial charge in [0.05, 0.1) is 12.7 Å². The number of anilines is 1. The van der Waals surface area contributed by atoms with Crippen molar-refractivity contribution in [2.75, 3.05) is 12.4 Å². The second-order valence-corrected chi connectivity index (χ2v) is 5.29. The number of urea groups is 1. The largest absolute Gasteiger partial charge is 0.487 e. The van der Waals surface area contributed by atoms with Gasteiger partial charge in [-0.3, -0.25) is 15.4 Å². The van der Waals surface area contributed by atoms with E-state index < -0.39 is 11.9 Å². The summed E-state index contributed by atoms with van der Waals surface area (Å²) in [5.74, 6) is -0.517. The second kappa shape index (κ2) is 6.74. The van der Waals surface area contributed by atoms with E-state index in [1.54, 1.807) is 37.3 Å². The molecule has 7 heteroatoms. The number of nitrogens with one attached hydrogen (secondary N) is 2. The molecule has 0 aliphatic carbocycles. The number of benzene rings is 1. The summed E-state index contributed by atoms with van der Waals surface area (Å²) in [7, 11) is 1.49. The van der Waals surface area contributed by atoms with Gasteiger partial charge in [0.15, 0.2) is 5.06 Å². The van der Waals surface area contributed by atoms with E-state index in [1.807, 2.05) is 6.07 Å². The first-order valence-corrected chi connectivity index (χ1v) is 7.13. The molecule has 2 N–H and O–H groups in total. The van der Waals surface area contributed by atoms with Crippen molar-refractivity contribution in [3.63, 3.8) is 0 Å². The molecule has 0 saturated carbocycles. The summed E-state index contributed by atoms with van der Waals surface area (Å²) in [5.41, 5.74) is 1.35.